The Hall–Kier alpha value is -2.44. The van der Waals surface area contributed by atoms with Gasteiger partial charge in [-0.2, -0.15) is 0 Å². The molecule has 6 nitrogen and oxygen atoms in total. The smallest absolute Gasteiger partial charge is 0.269 e. The van der Waals surface area contributed by atoms with Gasteiger partial charge in [-0.05, 0) is 31.8 Å². The molecule has 120 valence electrons. The number of hydrogen-bond acceptors (Lipinski definition) is 5. The third-order valence-electron chi connectivity index (χ3n) is 4.01. The summed E-state index contributed by atoms with van der Waals surface area (Å²) < 4.78 is 5.80. The lowest BCUT2D eigenvalue weighted by molar-refractivity contribution is -0.385. The summed E-state index contributed by atoms with van der Waals surface area (Å²) in [6.45, 7) is 0.557. The van der Waals surface area contributed by atoms with E-state index < -0.39 is 10.5 Å². The zero-order valence-corrected chi connectivity index (χ0v) is 13.0. The maximum atomic E-state index is 11.5. The van der Waals surface area contributed by atoms with Crippen LogP contribution in [0.1, 0.15) is 16.7 Å². The number of ether oxygens (including phenoxy) is 1. The Morgan fingerprint density at radius 1 is 1.26 bits per heavy atom. The average molecular weight is 314 g/mol. The Morgan fingerprint density at radius 2 is 2.00 bits per heavy atom. The number of benzene rings is 2. The number of hydrogen-bond donors (Lipinski definition) is 1. The highest BCUT2D eigenvalue weighted by Crippen LogP contribution is 2.41. The molecule has 0 aliphatic carbocycles. The van der Waals surface area contributed by atoms with E-state index in [4.69, 9.17) is 4.74 Å². The third kappa shape index (κ3) is 2.67. The summed E-state index contributed by atoms with van der Waals surface area (Å²) in [5.74, 6) is 0.593. The summed E-state index contributed by atoms with van der Waals surface area (Å²) >= 11 is 0. The van der Waals surface area contributed by atoms with Gasteiger partial charge < -0.3 is 14.7 Å². The van der Waals surface area contributed by atoms with Crippen molar-refractivity contribution >= 4 is 5.69 Å². The number of para-hydroxylation sites is 1. The third-order valence-corrected chi connectivity index (χ3v) is 4.01. The average Bonchev–Trinajstić information content (AvgIpc) is 2.62. The summed E-state index contributed by atoms with van der Waals surface area (Å²) in [7, 11) is 3.70. The topological polar surface area (TPSA) is 75.8 Å². The number of nitro benzene ring substituents is 1. The Labute approximate surface area is 134 Å². The molecule has 0 amide bonds. The number of rotatable bonds is 3. The predicted octanol–water partition coefficient (Wildman–Crippen LogP) is 2.28. The highest BCUT2D eigenvalue weighted by atomic mass is 16.6. The molecule has 1 unspecified atom stereocenters. The van der Waals surface area contributed by atoms with Gasteiger partial charge in [0.05, 0.1) is 4.92 Å². The first-order chi connectivity index (χ1) is 10.9. The predicted molar refractivity (Wildman–Crippen MR) is 85.4 cm³/mol. The van der Waals surface area contributed by atoms with Crippen molar-refractivity contribution in [1.82, 2.24) is 4.90 Å². The van der Waals surface area contributed by atoms with Crippen LogP contribution in [0, 0.1) is 10.1 Å². The molecule has 0 spiro atoms. The molecule has 0 saturated heterocycles. The van der Waals surface area contributed by atoms with Gasteiger partial charge in [0.15, 0.2) is 0 Å². The van der Waals surface area contributed by atoms with Gasteiger partial charge in [0, 0.05) is 29.8 Å². The summed E-state index contributed by atoms with van der Waals surface area (Å²) in [6, 6.07) is 11.8. The molecule has 6 heteroatoms. The lowest BCUT2D eigenvalue weighted by Crippen LogP contribution is -2.39. The highest BCUT2D eigenvalue weighted by Gasteiger charge is 2.39. The summed E-state index contributed by atoms with van der Waals surface area (Å²) in [5, 5.41) is 22.6. The molecule has 1 heterocycles. The van der Waals surface area contributed by atoms with Crippen LogP contribution in [0.3, 0.4) is 0 Å². The highest BCUT2D eigenvalue weighted by molar-refractivity contribution is 5.52. The van der Waals surface area contributed by atoms with Crippen molar-refractivity contribution in [3.63, 3.8) is 0 Å². The van der Waals surface area contributed by atoms with Gasteiger partial charge in [0.2, 0.25) is 0 Å². The molecule has 1 aliphatic rings. The van der Waals surface area contributed by atoms with Crippen molar-refractivity contribution in [2.24, 2.45) is 0 Å². The summed E-state index contributed by atoms with van der Waals surface area (Å²) in [5.41, 5.74) is 0.465. The zero-order valence-electron chi connectivity index (χ0n) is 13.0. The van der Waals surface area contributed by atoms with E-state index in [0.29, 0.717) is 23.4 Å². The van der Waals surface area contributed by atoms with E-state index >= 15 is 0 Å². The minimum Gasteiger partial charge on any atom is -0.488 e. The van der Waals surface area contributed by atoms with E-state index in [9.17, 15) is 15.2 Å². The van der Waals surface area contributed by atoms with Crippen LogP contribution in [0.15, 0.2) is 42.5 Å². The van der Waals surface area contributed by atoms with Gasteiger partial charge in [-0.15, -0.1) is 0 Å². The first-order valence-corrected chi connectivity index (χ1v) is 7.29. The largest absolute Gasteiger partial charge is 0.488 e. The lowest BCUT2D eigenvalue weighted by atomic mass is 9.83. The normalized spacial score (nSPS) is 19.5. The standard InChI is InChI=1S/C17H18N2O4/c1-18(2)11-17(20)14-5-3-4-6-16(14)23-10-12-7-8-13(19(21)22)9-15(12)17/h3-9,20H,10-11H2,1-2H3. The quantitative estimate of drug-likeness (QED) is 0.695. The summed E-state index contributed by atoms with van der Waals surface area (Å²) in [4.78, 5) is 12.5. The van der Waals surface area contributed by atoms with Gasteiger partial charge in [0.1, 0.15) is 18.0 Å². The lowest BCUT2D eigenvalue weighted by Gasteiger charge is -2.32. The first kappa shape index (κ1) is 15.5. The zero-order chi connectivity index (χ0) is 16.6. The van der Waals surface area contributed by atoms with Gasteiger partial charge in [0.25, 0.3) is 5.69 Å². The molecule has 0 saturated carbocycles. The van der Waals surface area contributed by atoms with E-state index in [-0.39, 0.29) is 12.3 Å². The summed E-state index contributed by atoms with van der Waals surface area (Å²) in [6.07, 6.45) is 0. The fourth-order valence-corrected chi connectivity index (χ4v) is 3.05. The van der Waals surface area contributed by atoms with Gasteiger partial charge >= 0.3 is 0 Å². The molecule has 1 aliphatic heterocycles. The Balaban J connectivity index is 2.26. The molecule has 2 aromatic carbocycles. The van der Waals surface area contributed by atoms with E-state index in [1.807, 2.05) is 31.1 Å². The molecule has 0 radical (unpaired) electrons. The molecule has 3 rings (SSSR count). The van der Waals surface area contributed by atoms with Crippen LogP contribution < -0.4 is 4.74 Å². The number of nitro groups is 1. The van der Waals surface area contributed by atoms with Crippen molar-refractivity contribution in [3.05, 3.63) is 69.3 Å². The van der Waals surface area contributed by atoms with E-state index in [0.717, 1.165) is 5.56 Å². The Kier molecular flexibility index (Phi) is 3.79. The van der Waals surface area contributed by atoms with Crippen LogP contribution in [0.4, 0.5) is 5.69 Å². The number of aliphatic hydroxyl groups is 1. The molecule has 2 aromatic rings. The van der Waals surface area contributed by atoms with Gasteiger partial charge in [-0.1, -0.05) is 18.2 Å². The van der Waals surface area contributed by atoms with Crippen molar-refractivity contribution < 1.29 is 14.8 Å². The monoisotopic (exact) mass is 314 g/mol. The van der Waals surface area contributed by atoms with Crippen LogP contribution in [0.2, 0.25) is 0 Å². The van der Waals surface area contributed by atoms with Crippen molar-refractivity contribution in [2.45, 2.75) is 12.2 Å². The maximum absolute atomic E-state index is 11.5. The van der Waals surface area contributed by atoms with Crippen LogP contribution in [0.25, 0.3) is 0 Å². The number of likely N-dealkylation sites (N-methyl/N-ethyl adjacent to an activating group) is 1. The van der Waals surface area contributed by atoms with Crippen molar-refractivity contribution in [3.8, 4) is 5.75 Å². The molecule has 1 N–H and O–H groups in total. The molecular weight excluding hydrogens is 296 g/mol. The molecule has 1 atom stereocenters. The van der Waals surface area contributed by atoms with E-state index in [1.54, 1.807) is 18.2 Å². The second-order valence-electron chi connectivity index (χ2n) is 5.98. The second kappa shape index (κ2) is 5.64. The van der Waals surface area contributed by atoms with Crippen LogP contribution >= 0.6 is 0 Å². The minimum atomic E-state index is -1.38. The number of non-ortho nitro benzene ring substituents is 1. The SMILES string of the molecule is CN(C)CC1(O)c2cc([N+](=O)[O-])ccc2COc2ccccc21. The van der Waals surface area contributed by atoms with Crippen LogP contribution in [-0.2, 0) is 12.2 Å². The molecule has 0 aromatic heterocycles. The Bertz CT molecular complexity index is 760. The molecular formula is C17H18N2O4. The van der Waals surface area contributed by atoms with Gasteiger partial charge in [-0.3, -0.25) is 10.1 Å². The van der Waals surface area contributed by atoms with E-state index in [2.05, 4.69) is 0 Å². The molecule has 0 bridgehead atoms. The Morgan fingerprint density at radius 3 is 2.70 bits per heavy atom. The molecule has 0 fully saturated rings. The van der Waals surface area contributed by atoms with Crippen molar-refractivity contribution in [1.29, 1.82) is 0 Å². The van der Waals surface area contributed by atoms with Crippen molar-refractivity contribution in [2.75, 3.05) is 20.6 Å². The fraction of sp³-hybridized carbons (Fsp3) is 0.294. The fourth-order valence-electron chi connectivity index (χ4n) is 3.05. The van der Waals surface area contributed by atoms with Crippen LogP contribution in [0.5, 0.6) is 5.75 Å². The minimum absolute atomic E-state index is 0.0414. The number of nitrogens with zero attached hydrogens (tertiary/aromatic N) is 2. The number of fused-ring (bicyclic) bond motifs is 2. The maximum Gasteiger partial charge on any atom is 0.269 e. The second-order valence-corrected chi connectivity index (χ2v) is 5.98. The van der Waals surface area contributed by atoms with Crippen LogP contribution in [-0.4, -0.2) is 35.6 Å². The van der Waals surface area contributed by atoms with Gasteiger partial charge in [-0.25, -0.2) is 0 Å². The molecule has 23 heavy (non-hydrogen) atoms. The van der Waals surface area contributed by atoms with E-state index in [1.165, 1.54) is 12.1 Å². The first-order valence-electron chi connectivity index (χ1n) is 7.29.